The molecule has 4 nitrogen and oxygen atoms in total. The summed E-state index contributed by atoms with van der Waals surface area (Å²) in [6, 6.07) is 0. The Labute approximate surface area is 151 Å². The van der Waals surface area contributed by atoms with Gasteiger partial charge in [0.25, 0.3) is 0 Å². The molecular weight excluding hydrogens is 316 g/mol. The second kappa shape index (κ2) is 6.29. The van der Waals surface area contributed by atoms with E-state index in [0.29, 0.717) is 17.8 Å². The van der Waals surface area contributed by atoms with Crippen molar-refractivity contribution in [1.82, 2.24) is 0 Å². The van der Waals surface area contributed by atoms with Gasteiger partial charge in [-0.15, -0.1) is 0 Å². The molecule has 3 fully saturated rings. The lowest BCUT2D eigenvalue weighted by atomic mass is 9.49. The molecule has 0 bridgehead atoms. The third-order valence-corrected chi connectivity index (χ3v) is 8.09. The van der Waals surface area contributed by atoms with Crippen LogP contribution >= 0.6 is 0 Å². The molecule has 0 spiro atoms. The zero-order chi connectivity index (χ0) is 17.8. The van der Waals surface area contributed by atoms with Crippen LogP contribution in [0, 0.1) is 35.0 Å². The Balaban J connectivity index is 1.58. The number of aliphatic hydroxyl groups excluding tert-OH is 1. The van der Waals surface area contributed by atoms with Gasteiger partial charge in [0.1, 0.15) is 6.10 Å². The second-order valence-electron chi connectivity index (χ2n) is 9.20. The van der Waals surface area contributed by atoms with E-state index in [1.54, 1.807) is 0 Å². The summed E-state index contributed by atoms with van der Waals surface area (Å²) in [5.74, 6) is 3.44. The maximum Gasteiger partial charge on any atom is 0.508 e. The van der Waals surface area contributed by atoms with Crippen molar-refractivity contribution in [2.24, 2.45) is 35.0 Å². The van der Waals surface area contributed by atoms with E-state index in [0.717, 1.165) is 50.4 Å². The zero-order valence-corrected chi connectivity index (χ0v) is 15.7. The maximum absolute atomic E-state index is 11.7. The summed E-state index contributed by atoms with van der Waals surface area (Å²) in [5, 5.41) is 10.0. The van der Waals surface area contributed by atoms with E-state index in [9.17, 15) is 9.90 Å². The molecule has 3 saturated carbocycles. The van der Waals surface area contributed by atoms with E-state index in [1.807, 2.05) is 0 Å². The van der Waals surface area contributed by atoms with E-state index in [4.69, 9.17) is 9.47 Å². The Morgan fingerprint density at radius 2 is 2.04 bits per heavy atom. The first kappa shape index (κ1) is 17.4. The highest BCUT2D eigenvalue weighted by Gasteiger charge is 2.59. The van der Waals surface area contributed by atoms with Crippen LogP contribution in [0.5, 0.6) is 0 Å². The van der Waals surface area contributed by atoms with Gasteiger partial charge in [0.15, 0.2) is 0 Å². The molecule has 4 aliphatic rings. The molecule has 0 heterocycles. The monoisotopic (exact) mass is 348 g/mol. The molecule has 0 aromatic carbocycles. The predicted molar refractivity (Wildman–Crippen MR) is 94.9 cm³/mol. The first-order valence-electron chi connectivity index (χ1n) is 10.1. The lowest BCUT2D eigenvalue weighted by molar-refractivity contribution is -0.0838. The smallest absolute Gasteiger partial charge is 0.438 e. The van der Waals surface area contributed by atoms with Crippen molar-refractivity contribution in [3.63, 3.8) is 0 Å². The minimum atomic E-state index is -0.530. The van der Waals surface area contributed by atoms with Crippen molar-refractivity contribution in [2.75, 3.05) is 7.11 Å². The second-order valence-corrected chi connectivity index (χ2v) is 9.20. The molecule has 0 aromatic rings. The van der Waals surface area contributed by atoms with Gasteiger partial charge in [-0.3, -0.25) is 0 Å². The lowest BCUT2D eigenvalue weighted by Gasteiger charge is -2.56. The van der Waals surface area contributed by atoms with Gasteiger partial charge >= 0.3 is 6.16 Å². The quantitative estimate of drug-likeness (QED) is 0.566. The molecule has 0 aromatic heterocycles. The first-order chi connectivity index (χ1) is 11.9. The third-order valence-electron chi connectivity index (χ3n) is 8.09. The molecule has 0 aliphatic heterocycles. The molecule has 8 atom stereocenters. The highest BCUT2D eigenvalue weighted by Crippen LogP contribution is 2.63. The Hall–Kier alpha value is -1.03. The van der Waals surface area contributed by atoms with Crippen LogP contribution < -0.4 is 0 Å². The van der Waals surface area contributed by atoms with Crippen LogP contribution in [0.15, 0.2) is 11.6 Å². The number of fused-ring (bicyclic) bond motifs is 5. The largest absolute Gasteiger partial charge is 0.508 e. The number of hydrogen-bond donors (Lipinski definition) is 1. The van der Waals surface area contributed by atoms with E-state index in [1.165, 1.54) is 19.1 Å². The van der Waals surface area contributed by atoms with Crippen molar-refractivity contribution >= 4 is 6.16 Å². The van der Waals surface area contributed by atoms with E-state index < -0.39 is 6.16 Å². The van der Waals surface area contributed by atoms with Crippen molar-refractivity contribution in [3.8, 4) is 0 Å². The zero-order valence-electron chi connectivity index (χ0n) is 15.7. The van der Waals surface area contributed by atoms with Crippen molar-refractivity contribution in [1.29, 1.82) is 0 Å². The van der Waals surface area contributed by atoms with Crippen LogP contribution in [-0.4, -0.2) is 30.6 Å². The highest BCUT2D eigenvalue weighted by molar-refractivity contribution is 5.60. The summed E-state index contributed by atoms with van der Waals surface area (Å²) >= 11 is 0. The predicted octanol–water partition coefficient (Wildman–Crippen LogP) is 4.32. The summed E-state index contributed by atoms with van der Waals surface area (Å²) in [6.45, 7) is 4.74. The molecule has 0 saturated heterocycles. The highest BCUT2D eigenvalue weighted by atomic mass is 16.7. The van der Waals surface area contributed by atoms with Gasteiger partial charge in [-0.25, -0.2) is 4.79 Å². The molecule has 4 rings (SSSR count). The van der Waals surface area contributed by atoms with Gasteiger partial charge in [0.05, 0.1) is 13.2 Å². The molecule has 1 N–H and O–H groups in total. The SMILES string of the molecule is COC(=O)O[C@H]1CCC2C3C(CC[C@@]21C)C1CCC(O)C=C1C[C@@H]3C. The molecule has 4 heteroatoms. The van der Waals surface area contributed by atoms with Gasteiger partial charge < -0.3 is 14.6 Å². The summed E-state index contributed by atoms with van der Waals surface area (Å²) in [4.78, 5) is 11.7. The Morgan fingerprint density at radius 3 is 2.80 bits per heavy atom. The minimum absolute atomic E-state index is 0.00298. The fraction of sp³-hybridized carbons (Fsp3) is 0.857. The van der Waals surface area contributed by atoms with Crippen LogP contribution in [-0.2, 0) is 9.47 Å². The van der Waals surface area contributed by atoms with Crippen LogP contribution in [0.1, 0.15) is 58.8 Å². The molecule has 0 radical (unpaired) electrons. The Morgan fingerprint density at radius 1 is 1.24 bits per heavy atom. The van der Waals surface area contributed by atoms with Crippen molar-refractivity contribution in [2.45, 2.75) is 71.0 Å². The van der Waals surface area contributed by atoms with E-state index >= 15 is 0 Å². The number of carbonyl (C=O) groups excluding carboxylic acids is 1. The molecular formula is C21H32O4. The molecule has 5 unspecified atom stereocenters. The Bertz CT molecular complexity index is 570. The van der Waals surface area contributed by atoms with Crippen molar-refractivity contribution < 1.29 is 19.4 Å². The van der Waals surface area contributed by atoms with Crippen LogP contribution in [0.25, 0.3) is 0 Å². The summed E-state index contributed by atoms with van der Waals surface area (Å²) in [6.07, 6.45) is 9.10. The van der Waals surface area contributed by atoms with Gasteiger partial charge in [-0.05, 0) is 74.5 Å². The topological polar surface area (TPSA) is 55.8 Å². The molecule has 25 heavy (non-hydrogen) atoms. The number of ether oxygens (including phenoxy) is 2. The van der Waals surface area contributed by atoms with Crippen LogP contribution in [0.4, 0.5) is 4.79 Å². The van der Waals surface area contributed by atoms with Crippen LogP contribution in [0.3, 0.4) is 0 Å². The first-order valence-corrected chi connectivity index (χ1v) is 10.1. The molecule has 140 valence electrons. The third kappa shape index (κ3) is 2.72. The number of rotatable bonds is 1. The number of allylic oxidation sites excluding steroid dienone is 1. The number of hydrogen-bond acceptors (Lipinski definition) is 4. The summed E-state index contributed by atoms with van der Waals surface area (Å²) < 4.78 is 10.4. The van der Waals surface area contributed by atoms with Gasteiger partial charge in [0, 0.05) is 5.41 Å². The Kier molecular flexibility index (Phi) is 4.38. The van der Waals surface area contributed by atoms with Gasteiger partial charge in [-0.1, -0.05) is 25.5 Å². The van der Waals surface area contributed by atoms with Gasteiger partial charge in [-0.2, -0.15) is 0 Å². The van der Waals surface area contributed by atoms with E-state index in [2.05, 4.69) is 19.9 Å². The number of aliphatic hydroxyl groups is 1. The average Bonchev–Trinajstić information content (AvgIpc) is 2.90. The standard InChI is InChI=1S/C21H32O4/c1-12-10-13-11-14(22)4-5-15(13)16-8-9-21(2)17(19(12)16)6-7-18(21)25-20(23)24-3/h11-12,14-19,22H,4-10H2,1-3H3/t12-,14?,15?,16?,17?,18-,19?,21-/m0/s1. The van der Waals surface area contributed by atoms with E-state index in [-0.39, 0.29) is 17.6 Å². The fourth-order valence-electron chi connectivity index (χ4n) is 7.03. The molecule has 4 aliphatic carbocycles. The normalized spacial score (nSPS) is 48.6. The molecule has 0 amide bonds. The van der Waals surface area contributed by atoms with Crippen LogP contribution in [0.2, 0.25) is 0 Å². The number of carbonyl (C=O) groups is 1. The number of methoxy groups -OCH3 is 1. The summed E-state index contributed by atoms with van der Waals surface area (Å²) in [5.41, 5.74) is 1.62. The van der Waals surface area contributed by atoms with Crippen molar-refractivity contribution in [3.05, 3.63) is 11.6 Å². The lowest BCUT2D eigenvalue weighted by Crippen LogP contribution is -2.51. The van der Waals surface area contributed by atoms with Gasteiger partial charge in [0.2, 0.25) is 0 Å². The minimum Gasteiger partial charge on any atom is -0.438 e. The fourth-order valence-corrected chi connectivity index (χ4v) is 7.03. The summed E-state index contributed by atoms with van der Waals surface area (Å²) in [7, 11) is 1.39. The average molecular weight is 348 g/mol. The maximum atomic E-state index is 11.7.